The summed E-state index contributed by atoms with van der Waals surface area (Å²) in [5, 5.41) is 2.92. The summed E-state index contributed by atoms with van der Waals surface area (Å²) in [5.74, 6) is -0.685. The van der Waals surface area contributed by atoms with Crippen LogP contribution in [-0.4, -0.2) is 34.3 Å². The van der Waals surface area contributed by atoms with E-state index < -0.39 is 10.8 Å². The van der Waals surface area contributed by atoms with Gasteiger partial charge >= 0.3 is 5.57 Å². The van der Waals surface area contributed by atoms with Crippen molar-refractivity contribution in [2.45, 2.75) is 37.5 Å². The third-order valence-corrected chi connectivity index (χ3v) is 6.97. The van der Waals surface area contributed by atoms with Gasteiger partial charge < -0.3 is 10.1 Å². The van der Waals surface area contributed by atoms with E-state index >= 15 is 0 Å². The number of amides is 2. The van der Waals surface area contributed by atoms with Crippen molar-refractivity contribution in [1.82, 2.24) is 0 Å². The van der Waals surface area contributed by atoms with Crippen molar-refractivity contribution in [3.8, 4) is 5.75 Å². The number of aryl methyl sites for hydroxylation is 2. The molecule has 198 valence electrons. The lowest BCUT2D eigenvalue weighted by atomic mass is 10.1. The van der Waals surface area contributed by atoms with Gasteiger partial charge in [0.2, 0.25) is 11.8 Å². The molecule has 1 atom stereocenters. The normalized spacial score (nSPS) is 16.2. The number of benzene rings is 3. The number of ether oxygens (including phenoxy) is 1. The van der Waals surface area contributed by atoms with Gasteiger partial charge in [0.1, 0.15) is 11.0 Å². The van der Waals surface area contributed by atoms with Gasteiger partial charge in [-0.25, -0.2) is 4.90 Å². The standard InChI is InChI=1S/C28H26ClF2N3O3S/c1-18-8-13-23(19(2)16-18)34-25(35)17-24(26(34)36)38-27(32-15-14-20-6-4-3-5-7-20)33-21-9-11-22(12-10-21)37-28(29,30)31/h3-13,16,24H,14-15,17H2,1-2H3,(H,32,33). The molecule has 2 amide bonds. The minimum Gasteiger partial charge on any atom is -0.420 e. The van der Waals surface area contributed by atoms with E-state index in [9.17, 15) is 18.4 Å². The number of amidine groups is 1. The van der Waals surface area contributed by atoms with Crippen molar-refractivity contribution >= 4 is 51.7 Å². The largest absolute Gasteiger partial charge is 0.487 e. The number of thioether (sulfide) groups is 1. The van der Waals surface area contributed by atoms with E-state index in [1.165, 1.54) is 40.9 Å². The van der Waals surface area contributed by atoms with Crippen LogP contribution in [-0.2, 0) is 16.0 Å². The first-order valence-electron chi connectivity index (χ1n) is 11.9. The van der Waals surface area contributed by atoms with Gasteiger partial charge in [-0.3, -0.25) is 14.6 Å². The number of hydrogen-bond donors (Lipinski definition) is 1. The van der Waals surface area contributed by atoms with Crippen LogP contribution in [0, 0.1) is 13.8 Å². The monoisotopic (exact) mass is 557 g/mol. The molecule has 1 fully saturated rings. The maximum atomic E-state index is 13.3. The fourth-order valence-corrected chi connectivity index (χ4v) is 5.17. The van der Waals surface area contributed by atoms with Crippen LogP contribution >= 0.6 is 23.4 Å². The van der Waals surface area contributed by atoms with E-state index in [0.717, 1.165) is 16.7 Å². The predicted octanol–water partition coefficient (Wildman–Crippen LogP) is 6.55. The Kier molecular flexibility index (Phi) is 8.69. The zero-order valence-electron chi connectivity index (χ0n) is 20.8. The number of carbonyl (C=O) groups excluding carboxylic acids is 2. The van der Waals surface area contributed by atoms with Crippen LogP contribution in [0.15, 0.2) is 77.8 Å². The molecular weight excluding hydrogens is 532 g/mol. The molecule has 1 aliphatic rings. The molecule has 1 saturated heterocycles. The lowest BCUT2D eigenvalue weighted by molar-refractivity contribution is -0.121. The minimum atomic E-state index is -3.81. The quantitative estimate of drug-likeness (QED) is 0.147. The summed E-state index contributed by atoms with van der Waals surface area (Å²) in [6, 6.07) is 21.2. The van der Waals surface area contributed by atoms with E-state index in [0.29, 0.717) is 29.5 Å². The van der Waals surface area contributed by atoms with Gasteiger partial charge in [0.15, 0.2) is 5.17 Å². The zero-order chi connectivity index (χ0) is 27.3. The number of hydrogen-bond acceptors (Lipinski definition) is 5. The third-order valence-electron chi connectivity index (χ3n) is 5.79. The fourth-order valence-electron chi connectivity index (χ4n) is 4.04. The number of aliphatic imine (C=N–C) groups is 1. The molecule has 3 aromatic carbocycles. The third kappa shape index (κ3) is 7.33. The highest BCUT2D eigenvalue weighted by molar-refractivity contribution is 8.15. The second-order valence-electron chi connectivity index (χ2n) is 8.79. The minimum absolute atomic E-state index is 0.0355. The molecule has 1 unspecified atom stereocenters. The van der Waals surface area contributed by atoms with Gasteiger partial charge in [0, 0.05) is 30.3 Å². The Hall–Kier alpha value is -3.43. The lowest BCUT2D eigenvalue weighted by Gasteiger charge is -2.18. The van der Waals surface area contributed by atoms with Gasteiger partial charge in [-0.05, 0) is 61.7 Å². The SMILES string of the molecule is Cc1ccc(N2C(=O)CC(SC(=NCCc3ccccc3)Nc3ccc(OC(F)(F)Cl)cc3)C2=O)c(C)c1. The molecule has 0 saturated carbocycles. The highest BCUT2D eigenvalue weighted by Crippen LogP contribution is 2.33. The van der Waals surface area contributed by atoms with Crippen molar-refractivity contribution in [2.24, 2.45) is 4.99 Å². The number of rotatable bonds is 8. The Morgan fingerprint density at radius 2 is 1.82 bits per heavy atom. The highest BCUT2D eigenvalue weighted by Gasteiger charge is 2.41. The molecule has 4 rings (SSSR count). The van der Waals surface area contributed by atoms with Crippen molar-refractivity contribution in [3.63, 3.8) is 0 Å². The topological polar surface area (TPSA) is 71.0 Å². The number of anilines is 2. The molecule has 1 N–H and O–H groups in total. The summed E-state index contributed by atoms with van der Waals surface area (Å²) in [6.45, 7) is 4.26. The maximum absolute atomic E-state index is 13.3. The van der Waals surface area contributed by atoms with E-state index in [-0.39, 0.29) is 24.0 Å². The Morgan fingerprint density at radius 1 is 1.11 bits per heavy atom. The van der Waals surface area contributed by atoms with Crippen LogP contribution in [0.3, 0.4) is 0 Å². The number of halogens is 3. The summed E-state index contributed by atoms with van der Waals surface area (Å²) in [5.41, 5.74) is 0.306. The molecule has 0 aromatic heterocycles. The van der Waals surface area contributed by atoms with Crippen molar-refractivity contribution in [2.75, 3.05) is 16.8 Å². The Balaban J connectivity index is 1.51. The van der Waals surface area contributed by atoms with Crippen LogP contribution in [0.25, 0.3) is 0 Å². The van der Waals surface area contributed by atoms with Gasteiger partial charge in [-0.15, -0.1) is 8.78 Å². The average Bonchev–Trinajstić information content (AvgIpc) is 3.12. The molecule has 1 aliphatic heterocycles. The van der Waals surface area contributed by atoms with E-state index in [2.05, 4.69) is 15.0 Å². The first-order valence-corrected chi connectivity index (χ1v) is 13.2. The number of nitrogens with zero attached hydrogens (tertiary/aromatic N) is 2. The summed E-state index contributed by atoms with van der Waals surface area (Å²) in [4.78, 5) is 32.1. The number of carbonyl (C=O) groups is 2. The van der Waals surface area contributed by atoms with Crippen LogP contribution in [0.1, 0.15) is 23.1 Å². The van der Waals surface area contributed by atoms with Crippen LogP contribution in [0.2, 0.25) is 0 Å². The van der Waals surface area contributed by atoms with Crippen molar-refractivity contribution < 1.29 is 23.1 Å². The Bertz CT molecular complexity index is 1330. The molecule has 1 heterocycles. The van der Waals surface area contributed by atoms with Crippen molar-refractivity contribution in [1.29, 1.82) is 0 Å². The summed E-state index contributed by atoms with van der Waals surface area (Å²) < 4.78 is 30.2. The fraction of sp³-hybridized carbons (Fsp3) is 0.250. The lowest BCUT2D eigenvalue weighted by Crippen LogP contribution is -2.32. The second-order valence-corrected chi connectivity index (χ2v) is 10.4. The maximum Gasteiger partial charge on any atom is 0.487 e. The summed E-state index contributed by atoms with van der Waals surface area (Å²) in [7, 11) is 0. The predicted molar refractivity (Wildman–Crippen MR) is 148 cm³/mol. The molecule has 0 spiro atoms. The van der Waals surface area contributed by atoms with Gasteiger partial charge in [-0.1, -0.05) is 59.8 Å². The molecule has 10 heteroatoms. The molecule has 6 nitrogen and oxygen atoms in total. The smallest absolute Gasteiger partial charge is 0.420 e. The summed E-state index contributed by atoms with van der Waals surface area (Å²) in [6.07, 6.45) is 0.712. The number of nitrogens with one attached hydrogen (secondary N) is 1. The van der Waals surface area contributed by atoms with E-state index in [4.69, 9.17) is 11.6 Å². The van der Waals surface area contributed by atoms with Crippen LogP contribution in [0.5, 0.6) is 5.75 Å². The van der Waals surface area contributed by atoms with Crippen LogP contribution < -0.4 is 15.0 Å². The zero-order valence-corrected chi connectivity index (χ0v) is 22.4. The highest BCUT2D eigenvalue weighted by atomic mass is 35.5. The molecule has 3 aromatic rings. The Labute approximate surface area is 229 Å². The molecule has 0 bridgehead atoms. The Morgan fingerprint density at radius 3 is 2.47 bits per heavy atom. The van der Waals surface area contributed by atoms with Crippen LogP contribution in [0.4, 0.5) is 20.2 Å². The van der Waals surface area contributed by atoms with Gasteiger partial charge in [0.05, 0.1) is 5.69 Å². The number of alkyl halides is 3. The molecule has 0 aliphatic carbocycles. The second kappa shape index (κ2) is 12.0. The van der Waals surface area contributed by atoms with Crippen molar-refractivity contribution in [3.05, 3.63) is 89.5 Å². The van der Waals surface area contributed by atoms with E-state index in [1.807, 2.05) is 56.3 Å². The molecular formula is C28H26ClF2N3O3S. The first-order chi connectivity index (χ1) is 18.1. The van der Waals surface area contributed by atoms with Gasteiger partial charge in [0.25, 0.3) is 0 Å². The van der Waals surface area contributed by atoms with Gasteiger partial charge in [-0.2, -0.15) is 0 Å². The van der Waals surface area contributed by atoms with E-state index in [1.54, 1.807) is 6.07 Å². The first kappa shape index (κ1) is 27.6. The average molecular weight is 558 g/mol. The number of imide groups is 1. The molecule has 38 heavy (non-hydrogen) atoms. The molecule has 0 radical (unpaired) electrons. The summed E-state index contributed by atoms with van der Waals surface area (Å²) >= 11 is 6.01.